The van der Waals surface area contributed by atoms with Gasteiger partial charge in [-0.1, -0.05) is 71.9 Å². The smallest absolute Gasteiger partial charge is 0.410 e. The zero-order valence-corrected chi connectivity index (χ0v) is 33.3. The number of nitrogens with zero attached hydrogens (tertiary/aromatic N) is 3. The van der Waals surface area contributed by atoms with E-state index in [4.69, 9.17) is 19.2 Å². The Morgan fingerprint density at radius 3 is 2.22 bits per heavy atom. The Labute approximate surface area is 306 Å². The number of rotatable bonds is 17. The second-order valence-corrected chi connectivity index (χ2v) is 12.2. The predicted octanol–water partition coefficient (Wildman–Crippen LogP) is 10.2. The van der Waals surface area contributed by atoms with Gasteiger partial charge in [-0.2, -0.15) is 13.2 Å². The quantitative estimate of drug-likeness (QED) is 0.0371. The number of amidine groups is 1. The number of cyclic esters (lactones) is 1. The van der Waals surface area contributed by atoms with Crippen LogP contribution in [0.2, 0.25) is 0 Å². The topological polar surface area (TPSA) is 80.7 Å². The summed E-state index contributed by atoms with van der Waals surface area (Å²) in [5.41, 5.74) is 1.44. The van der Waals surface area contributed by atoms with Crippen LogP contribution in [0.25, 0.3) is 0 Å². The number of halogens is 3. The summed E-state index contributed by atoms with van der Waals surface area (Å²) in [6.45, 7) is 22.8. The fourth-order valence-electron chi connectivity index (χ4n) is 5.49. The summed E-state index contributed by atoms with van der Waals surface area (Å²) >= 11 is 0. The average molecular weight is 726 g/mol. The molecule has 2 aliphatic heterocycles. The maximum Gasteiger partial charge on any atom is 0.410 e. The first-order valence-electron chi connectivity index (χ1n) is 18.7. The highest BCUT2D eigenvalue weighted by Crippen LogP contribution is 2.33. The summed E-state index contributed by atoms with van der Waals surface area (Å²) < 4.78 is 56.5. The first-order valence-corrected chi connectivity index (χ1v) is 18.7. The number of aliphatic imine (C=N–C) groups is 1. The van der Waals surface area contributed by atoms with Crippen molar-refractivity contribution in [3.63, 3.8) is 0 Å². The SMILES string of the molecule is C/C=C\C/C(=C\C(C)C(F)(F)F)C1OC(=O)N(CC(C)N=C(/C=C\CC(=C/C(C)CCC(=O)OCC)/C(=C\C)OC)N2CCC2)C1C.CC.CC. The van der Waals surface area contributed by atoms with Crippen LogP contribution in [0.3, 0.4) is 0 Å². The van der Waals surface area contributed by atoms with Crippen molar-refractivity contribution in [3.05, 3.63) is 59.4 Å². The van der Waals surface area contributed by atoms with Gasteiger partial charge in [0.15, 0.2) is 0 Å². The maximum atomic E-state index is 13.4. The first-order chi connectivity index (χ1) is 24.2. The molecule has 292 valence electrons. The Balaban J connectivity index is 0.00000602. The normalized spacial score (nSPS) is 20.6. The standard InChI is InChI=1S/C36H54F3N3O5.2C2H6/c1-9-12-15-30(23-26(5)36(37,38)39)34-28(7)42(35(44)47-34)24-27(6)40-32(41-20-14-21-41)17-13-16-29(31(10-2)45-8)22-25(4)18-19-33(43)46-11-3;2*1-2/h9-10,12-13,17,22-23,25-28,34H,11,14-16,18-21,24H2,1-8H3;2*1-2H3/b12-9-,17-13-,29-22-,30-23+,31-10+,40-32?;;. The number of likely N-dealkylation sites (tertiary alicyclic amines) is 1. The molecule has 0 bridgehead atoms. The molecule has 51 heavy (non-hydrogen) atoms. The number of carbonyl (C=O) groups excluding carboxylic acids is 2. The van der Waals surface area contributed by atoms with Crippen LogP contribution in [0.4, 0.5) is 18.0 Å². The zero-order valence-electron chi connectivity index (χ0n) is 33.3. The summed E-state index contributed by atoms with van der Waals surface area (Å²) in [6.07, 6.45) is 10.0. The highest BCUT2D eigenvalue weighted by Gasteiger charge is 2.42. The van der Waals surface area contributed by atoms with Crippen molar-refractivity contribution in [2.24, 2.45) is 16.8 Å². The molecule has 11 heteroatoms. The number of carbonyl (C=O) groups is 2. The van der Waals surface area contributed by atoms with Gasteiger partial charge in [0.1, 0.15) is 17.7 Å². The van der Waals surface area contributed by atoms with Crippen molar-refractivity contribution in [1.82, 2.24) is 9.80 Å². The van der Waals surface area contributed by atoms with Crippen LogP contribution in [0.5, 0.6) is 0 Å². The Bertz CT molecular complexity index is 1220. The number of esters is 1. The van der Waals surface area contributed by atoms with Crippen LogP contribution in [-0.2, 0) is 19.0 Å². The highest BCUT2D eigenvalue weighted by atomic mass is 19.4. The predicted molar refractivity (Wildman–Crippen MR) is 203 cm³/mol. The minimum atomic E-state index is -4.38. The fraction of sp³-hybridized carbons (Fsp3) is 0.675. The maximum absolute atomic E-state index is 13.4. The fourth-order valence-corrected chi connectivity index (χ4v) is 5.49. The lowest BCUT2D eigenvalue weighted by Crippen LogP contribution is -2.43. The van der Waals surface area contributed by atoms with Crippen LogP contribution in [0.15, 0.2) is 64.4 Å². The van der Waals surface area contributed by atoms with Gasteiger partial charge in [0.2, 0.25) is 0 Å². The molecule has 0 spiro atoms. The summed E-state index contributed by atoms with van der Waals surface area (Å²) in [4.78, 5) is 33.5. The van der Waals surface area contributed by atoms with Crippen molar-refractivity contribution in [3.8, 4) is 0 Å². The van der Waals surface area contributed by atoms with E-state index in [-0.39, 0.29) is 30.9 Å². The summed E-state index contributed by atoms with van der Waals surface area (Å²) in [5.74, 6) is -0.162. The van der Waals surface area contributed by atoms with E-state index in [0.29, 0.717) is 31.4 Å². The van der Waals surface area contributed by atoms with E-state index < -0.39 is 30.3 Å². The molecule has 2 rings (SSSR count). The Morgan fingerprint density at radius 1 is 1.06 bits per heavy atom. The van der Waals surface area contributed by atoms with E-state index >= 15 is 0 Å². The lowest BCUT2D eigenvalue weighted by molar-refractivity contribution is -0.156. The van der Waals surface area contributed by atoms with E-state index in [1.165, 1.54) is 6.08 Å². The van der Waals surface area contributed by atoms with E-state index in [0.717, 1.165) is 43.6 Å². The van der Waals surface area contributed by atoms with Gasteiger partial charge >= 0.3 is 18.2 Å². The van der Waals surface area contributed by atoms with Gasteiger partial charge in [0.05, 0.1) is 31.7 Å². The zero-order chi connectivity index (χ0) is 39.1. The summed E-state index contributed by atoms with van der Waals surface area (Å²) in [7, 11) is 1.63. The number of amides is 1. The number of ether oxygens (including phenoxy) is 3. The molecular formula is C40H66F3N3O5. The number of hydrogen-bond donors (Lipinski definition) is 0. The van der Waals surface area contributed by atoms with E-state index in [2.05, 4.69) is 17.9 Å². The van der Waals surface area contributed by atoms with Crippen LogP contribution in [0, 0.1) is 11.8 Å². The molecule has 0 aliphatic carbocycles. The van der Waals surface area contributed by atoms with Crippen molar-refractivity contribution < 1.29 is 37.0 Å². The van der Waals surface area contributed by atoms with Gasteiger partial charge in [0.25, 0.3) is 0 Å². The number of methoxy groups -OCH3 is 1. The molecule has 1 amide bonds. The van der Waals surface area contributed by atoms with Gasteiger partial charge < -0.3 is 19.1 Å². The molecule has 2 fully saturated rings. The highest BCUT2D eigenvalue weighted by molar-refractivity contribution is 5.93. The van der Waals surface area contributed by atoms with Crippen LogP contribution in [0.1, 0.15) is 108 Å². The summed E-state index contributed by atoms with van der Waals surface area (Å²) in [5, 5.41) is 0. The minimum Gasteiger partial charge on any atom is -0.497 e. The molecular weight excluding hydrogens is 659 g/mol. The van der Waals surface area contributed by atoms with Crippen molar-refractivity contribution in [1.29, 1.82) is 0 Å². The van der Waals surface area contributed by atoms with Gasteiger partial charge in [-0.15, -0.1) is 0 Å². The van der Waals surface area contributed by atoms with Crippen LogP contribution < -0.4 is 0 Å². The van der Waals surface area contributed by atoms with Crippen molar-refractivity contribution in [2.75, 3.05) is 33.4 Å². The lowest BCUT2D eigenvalue weighted by atomic mass is 9.95. The lowest BCUT2D eigenvalue weighted by Gasteiger charge is -2.34. The van der Waals surface area contributed by atoms with Crippen LogP contribution in [-0.4, -0.2) is 85.4 Å². The van der Waals surface area contributed by atoms with E-state index in [1.54, 1.807) is 44.9 Å². The molecule has 2 saturated heterocycles. The first kappa shape index (κ1) is 47.5. The van der Waals surface area contributed by atoms with E-state index in [1.807, 2.05) is 59.8 Å². The van der Waals surface area contributed by atoms with Crippen LogP contribution >= 0.6 is 0 Å². The molecule has 0 aromatic heterocycles. The molecule has 0 aromatic rings. The molecule has 5 atom stereocenters. The van der Waals surface area contributed by atoms with Gasteiger partial charge in [-0.25, -0.2) is 4.79 Å². The largest absolute Gasteiger partial charge is 0.497 e. The second-order valence-electron chi connectivity index (χ2n) is 12.2. The summed E-state index contributed by atoms with van der Waals surface area (Å²) in [6, 6.07) is -0.740. The molecule has 2 heterocycles. The molecule has 0 N–H and O–H groups in total. The van der Waals surface area contributed by atoms with Crippen molar-refractivity contribution >= 4 is 17.9 Å². The minimum absolute atomic E-state index is 0.132. The van der Waals surface area contributed by atoms with Crippen molar-refractivity contribution in [2.45, 2.75) is 133 Å². The molecule has 0 aromatic carbocycles. The molecule has 0 radical (unpaired) electrons. The third kappa shape index (κ3) is 16.6. The van der Waals surface area contributed by atoms with Gasteiger partial charge in [-0.05, 0) is 89.5 Å². The second kappa shape index (κ2) is 25.5. The van der Waals surface area contributed by atoms with Gasteiger partial charge in [-0.3, -0.25) is 14.7 Å². The number of alkyl halides is 3. The number of hydrogen-bond acceptors (Lipinski definition) is 6. The van der Waals surface area contributed by atoms with E-state index in [9.17, 15) is 22.8 Å². The molecule has 8 nitrogen and oxygen atoms in total. The molecule has 5 unspecified atom stereocenters. The average Bonchev–Trinajstić information content (AvgIpc) is 3.34. The Morgan fingerprint density at radius 2 is 1.71 bits per heavy atom. The molecule has 2 aliphatic rings. The third-order valence-electron chi connectivity index (χ3n) is 8.32. The third-order valence-corrected chi connectivity index (χ3v) is 8.32. The molecule has 0 saturated carbocycles. The van der Waals surface area contributed by atoms with Gasteiger partial charge in [0, 0.05) is 26.1 Å². The Kier molecular flexibility index (Phi) is 23.7. The monoisotopic (exact) mass is 725 g/mol. The number of allylic oxidation sites excluding steroid dienone is 7. The Hall–Kier alpha value is -3.50.